The Hall–Kier alpha value is -7.93. The Morgan fingerprint density at radius 3 is 1.25 bits per heavy atom. The fourth-order valence-electron chi connectivity index (χ4n) is 6.60. The SMILES string of the molecule is CC(C)(C)OC(=O)NCC(=O)Cc1nc(-c2ccccc2)cs1.CS(=O)(=O)c1cccc(C(=O)NCC(=O)Cc2nc(-c3ccccc3)cs2)c1.CS(=O)(=O)c1cccc(C(=O)O)c1.NCC(=O)Cc1nc(-c2ccccc2)cs1. The van der Waals surface area contributed by atoms with Crippen molar-refractivity contribution < 1.29 is 55.4 Å². The molecule has 2 amide bonds. The number of amides is 2. The van der Waals surface area contributed by atoms with Crippen LogP contribution in [0.25, 0.3) is 33.8 Å². The number of sulfone groups is 2. The fourth-order valence-corrected chi connectivity index (χ4v) is 10.4. The van der Waals surface area contributed by atoms with Gasteiger partial charge in [-0.15, -0.1) is 34.0 Å². The number of hydrogen-bond acceptors (Lipinski definition) is 18. The molecule has 0 radical (unpaired) electrons. The highest BCUT2D eigenvalue weighted by Crippen LogP contribution is 2.24. The largest absolute Gasteiger partial charge is 0.478 e. The molecule has 0 aliphatic heterocycles. The van der Waals surface area contributed by atoms with E-state index in [0.29, 0.717) is 11.4 Å². The maximum absolute atomic E-state index is 12.2. The summed E-state index contributed by atoms with van der Waals surface area (Å²) < 4.78 is 50.3. The van der Waals surface area contributed by atoms with Crippen LogP contribution in [0.5, 0.6) is 0 Å². The number of ether oxygens (including phenoxy) is 1. The normalized spacial score (nSPS) is 11.0. The average molecular weight is 1180 g/mol. The molecule has 18 nitrogen and oxygen atoms in total. The van der Waals surface area contributed by atoms with Crippen molar-refractivity contribution in [3.8, 4) is 33.8 Å². The number of carboxylic acid groups (broad SMARTS) is 1. The number of nitrogens with two attached hydrogens (primary N) is 1. The Bertz CT molecular complexity index is 3620. The van der Waals surface area contributed by atoms with Crippen LogP contribution in [-0.2, 0) is 58.1 Å². The number of carbonyl (C=O) groups is 6. The van der Waals surface area contributed by atoms with Crippen LogP contribution in [0.4, 0.5) is 4.79 Å². The number of aromatic nitrogens is 3. The van der Waals surface area contributed by atoms with Crippen molar-refractivity contribution in [2.45, 2.75) is 55.4 Å². The third kappa shape index (κ3) is 21.7. The van der Waals surface area contributed by atoms with Gasteiger partial charge in [0, 0.05) is 50.9 Å². The average Bonchev–Trinajstić information content (AvgIpc) is 4.23. The molecular weight excluding hydrogens is 1120 g/mol. The van der Waals surface area contributed by atoms with E-state index in [4.69, 9.17) is 15.6 Å². The first-order valence-corrected chi connectivity index (χ1v) is 30.6. The van der Waals surface area contributed by atoms with Crippen LogP contribution in [0, 0.1) is 0 Å². The van der Waals surface area contributed by atoms with E-state index in [2.05, 4.69) is 25.6 Å². The molecule has 0 fully saturated rings. The first-order chi connectivity index (χ1) is 37.9. The van der Waals surface area contributed by atoms with Crippen LogP contribution < -0.4 is 16.4 Å². The zero-order valence-corrected chi connectivity index (χ0v) is 48.2. The Labute approximate surface area is 476 Å². The molecule has 8 aromatic rings. The highest BCUT2D eigenvalue weighted by atomic mass is 32.2. The quantitative estimate of drug-likeness (QED) is 0.0624. The van der Waals surface area contributed by atoms with Gasteiger partial charge in [-0.25, -0.2) is 41.4 Å². The molecule has 0 saturated carbocycles. The van der Waals surface area contributed by atoms with Crippen molar-refractivity contribution in [1.29, 1.82) is 0 Å². The molecule has 0 bridgehead atoms. The van der Waals surface area contributed by atoms with Gasteiger partial charge in [0.15, 0.2) is 37.0 Å². The lowest BCUT2D eigenvalue weighted by Gasteiger charge is -2.19. The van der Waals surface area contributed by atoms with Crippen molar-refractivity contribution >= 4 is 89.0 Å². The summed E-state index contributed by atoms with van der Waals surface area (Å²) in [6.45, 7) is 5.19. The molecule has 80 heavy (non-hydrogen) atoms. The lowest BCUT2D eigenvalue weighted by atomic mass is 10.2. The third-order valence-corrected chi connectivity index (χ3v) is 15.2. The second-order valence-corrected chi connectivity index (χ2v) is 25.1. The van der Waals surface area contributed by atoms with Crippen LogP contribution in [0.2, 0.25) is 0 Å². The molecule has 0 aliphatic rings. The summed E-state index contributed by atoms with van der Waals surface area (Å²) in [5.41, 5.74) is 10.5. The molecule has 5 N–H and O–H groups in total. The molecule has 0 atom stereocenters. The van der Waals surface area contributed by atoms with Crippen LogP contribution in [0.1, 0.15) is 56.5 Å². The fraction of sp³-hybridized carbons (Fsp3) is 0.211. The standard InChI is InChI=1S/C20H18N2O4S2.C17H20N2O3S.C12H12N2OS.C8H8O4S/c1-28(25,26)17-9-5-8-15(10-17)20(24)21-12-16(23)11-19-22-18(13-27-19)14-6-3-2-4-7-14;1-17(2,3)22-16(21)18-10-13(20)9-15-19-14(11-23-15)12-7-5-4-6-8-12;13-7-10(15)6-12-14-11(8-16-12)9-4-2-1-3-5-9;1-13(11,12)7-4-2-3-6(5-7)8(9)10/h2-10,13H,11-12H2,1H3,(H,21,24);4-8,11H,9-10H2,1-3H3,(H,18,21);1-5,8H,6-7,13H2;2-5H,1H3,(H,9,10). The molecule has 8 rings (SSSR count). The number of ketones is 3. The lowest BCUT2D eigenvalue weighted by molar-refractivity contribution is -0.118. The van der Waals surface area contributed by atoms with Gasteiger partial charge in [0.05, 0.1) is 71.3 Å². The Morgan fingerprint density at radius 2 is 0.887 bits per heavy atom. The van der Waals surface area contributed by atoms with Crippen molar-refractivity contribution in [1.82, 2.24) is 25.6 Å². The summed E-state index contributed by atoms with van der Waals surface area (Å²) in [6, 6.07) is 40.3. The molecule has 0 saturated heterocycles. The predicted molar refractivity (Wildman–Crippen MR) is 310 cm³/mol. The molecule has 3 aromatic heterocycles. The van der Waals surface area contributed by atoms with Gasteiger partial charge in [0.1, 0.15) is 20.6 Å². The number of carbonyl (C=O) groups excluding carboxylic acids is 5. The molecule has 0 aliphatic carbocycles. The van der Waals surface area contributed by atoms with Crippen LogP contribution in [0.3, 0.4) is 0 Å². The van der Waals surface area contributed by atoms with Crippen molar-refractivity contribution in [3.05, 3.63) is 182 Å². The molecule has 0 unspecified atom stereocenters. The number of nitrogens with one attached hydrogen (secondary N) is 2. The lowest BCUT2D eigenvalue weighted by Crippen LogP contribution is -2.35. The monoisotopic (exact) mass is 1180 g/mol. The van der Waals surface area contributed by atoms with Gasteiger partial charge < -0.3 is 26.2 Å². The Kier molecular flexibility index (Phi) is 23.5. The zero-order valence-electron chi connectivity index (χ0n) is 44.2. The minimum atomic E-state index is -3.41. The number of hydrogen-bond donors (Lipinski definition) is 4. The minimum absolute atomic E-state index is 0.0207. The van der Waals surface area contributed by atoms with Gasteiger partial charge in [-0.2, -0.15) is 0 Å². The molecular formula is C57H58N6O12S5. The number of aromatic carboxylic acids is 1. The topological polar surface area (TPSA) is 289 Å². The van der Waals surface area contributed by atoms with E-state index in [0.717, 1.165) is 62.4 Å². The molecule has 5 aromatic carbocycles. The summed E-state index contributed by atoms with van der Waals surface area (Å²) in [5.74, 6) is -1.89. The summed E-state index contributed by atoms with van der Waals surface area (Å²) in [5, 5.41) is 21.6. The van der Waals surface area contributed by atoms with Gasteiger partial charge in [0.25, 0.3) is 5.91 Å². The first kappa shape index (κ1) is 62.9. The van der Waals surface area contributed by atoms with E-state index in [1.165, 1.54) is 76.5 Å². The van der Waals surface area contributed by atoms with Gasteiger partial charge in [0.2, 0.25) is 0 Å². The zero-order chi connectivity index (χ0) is 58.5. The van der Waals surface area contributed by atoms with Crippen LogP contribution in [-0.4, -0.2) is 110 Å². The number of rotatable bonds is 18. The molecule has 418 valence electrons. The number of benzene rings is 5. The summed E-state index contributed by atoms with van der Waals surface area (Å²) in [7, 11) is -6.73. The van der Waals surface area contributed by atoms with Crippen LogP contribution >= 0.6 is 34.0 Å². The maximum Gasteiger partial charge on any atom is 0.408 e. The summed E-state index contributed by atoms with van der Waals surface area (Å²) in [6.07, 6.45) is 2.19. The van der Waals surface area contributed by atoms with Gasteiger partial charge in [-0.05, 0) is 57.2 Å². The van der Waals surface area contributed by atoms with E-state index in [9.17, 15) is 45.6 Å². The Balaban J connectivity index is 0.000000204. The molecule has 3 heterocycles. The molecule has 0 spiro atoms. The second-order valence-electron chi connectivity index (χ2n) is 18.3. The van der Waals surface area contributed by atoms with Gasteiger partial charge in [-0.1, -0.05) is 103 Å². The van der Waals surface area contributed by atoms with Crippen LogP contribution in [0.15, 0.2) is 165 Å². The Morgan fingerprint density at radius 1 is 0.525 bits per heavy atom. The second kappa shape index (κ2) is 29.9. The predicted octanol–water partition coefficient (Wildman–Crippen LogP) is 8.87. The highest BCUT2D eigenvalue weighted by Gasteiger charge is 2.18. The maximum atomic E-state index is 12.2. The highest BCUT2D eigenvalue weighted by molar-refractivity contribution is 7.91. The van der Waals surface area contributed by atoms with Crippen molar-refractivity contribution in [2.75, 3.05) is 32.1 Å². The third-order valence-electron chi connectivity index (χ3n) is 10.4. The van der Waals surface area contributed by atoms with Crippen molar-refractivity contribution in [2.24, 2.45) is 5.73 Å². The van der Waals surface area contributed by atoms with Gasteiger partial charge >= 0.3 is 12.1 Å². The number of carboxylic acids is 1. The number of alkyl carbamates (subject to hydrolysis) is 1. The van der Waals surface area contributed by atoms with E-state index in [1.807, 2.05) is 107 Å². The van der Waals surface area contributed by atoms with Crippen molar-refractivity contribution in [3.63, 3.8) is 0 Å². The van der Waals surface area contributed by atoms with E-state index >= 15 is 0 Å². The number of nitrogens with zero attached hydrogens (tertiary/aromatic N) is 3. The number of thiazole rings is 3. The van der Waals surface area contributed by atoms with E-state index in [-0.39, 0.29) is 70.7 Å². The minimum Gasteiger partial charge on any atom is -0.478 e. The smallest absolute Gasteiger partial charge is 0.408 e. The van der Waals surface area contributed by atoms with Gasteiger partial charge in [-0.3, -0.25) is 19.2 Å². The summed E-state index contributed by atoms with van der Waals surface area (Å²) in [4.78, 5) is 82.9. The first-order valence-electron chi connectivity index (χ1n) is 24.2. The number of Topliss-reactive ketones (excluding diaryl/α,β-unsaturated/α-hetero) is 3. The molecule has 23 heteroatoms. The summed E-state index contributed by atoms with van der Waals surface area (Å²) >= 11 is 4.34. The van der Waals surface area contributed by atoms with E-state index < -0.39 is 43.2 Å². The van der Waals surface area contributed by atoms with E-state index in [1.54, 1.807) is 20.8 Å².